The Morgan fingerprint density at radius 3 is 1.57 bits per heavy atom. The van der Waals surface area contributed by atoms with Crippen LogP contribution in [-0.4, -0.2) is 16.5 Å². The first-order valence-corrected chi connectivity index (χ1v) is 12.9. The predicted molar refractivity (Wildman–Crippen MR) is 141 cm³/mol. The van der Waals surface area contributed by atoms with Gasteiger partial charge in [0.1, 0.15) is 0 Å². The third-order valence-corrected chi connectivity index (χ3v) is 7.89. The predicted octanol–water partition coefficient (Wildman–Crippen LogP) is 7.19. The lowest BCUT2D eigenvalue weighted by Crippen LogP contribution is -2.44. The van der Waals surface area contributed by atoms with Crippen LogP contribution in [0.1, 0.15) is 81.5 Å². The molecule has 0 amide bonds. The summed E-state index contributed by atoms with van der Waals surface area (Å²) in [6.07, 6.45) is 2.73. The molecule has 0 saturated heterocycles. The minimum absolute atomic E-state index is 0.106. The maximum Gasteiger partial charge on any atom is 0.162 e. The van der Waals surface area contributed by atoms with Crippen molar-refractivity contribution in [3.63, 3.8) is 0 Å². The molecule has 0 spiro atoms. The molecule has 182 valence electrons. The number of carbonyl (C=O) groups excluding carboxylic acids is 2. The minimum atomic E-state index is -0.262. The second-order valence-electron chi connectivity index (χ2n) is 12.5. The summed E-state index contributed by atoms with van der Waals surface area (Å²) in [5.74, 6) is 0.127. The summed E-state index contributed by atoms with van der Waals surface area (Å²) in [5, 5.41) is 0. The first-order chi connectivity index (χ1) is 16.4. The summed E-state index contributed by atoms with van der Waals surface area (Å²) >= 11 is 0. The third kappa shape index (κ3) is 4.42. The van der Waals surface area contributed by atoms with Crippen molar-refractivity contribution in [2.45, 2.75) is 79.7 Å². The first kappa shape index (κ1) is 23.8. The Hall–Kier alpha value is -2.94. The molecule has 0 atom stereocenters. The van der Waals surface area contributed by atoms with E-state index in [1.807, 2.05) is 0 Å². The second-order valence-corrected chi connectivity index (χ2v) is 12.5. The molecule has 3 heteroatoms. The highest BCUT2D eigenvalue weighted by Crippen LogP contribution is 2.54. The number of nitrogens with zero attached hydrogens (tertiary/aromatic N) is 1. The Bertz CT molecular complexity index is 1200. The van der Waals surface area contributed by atoms with E-state index < -0.39 is 0 Å². The number of hydrogen-bond donors (Lipinski definition) is 0. The van der Waals surface area contributed by atoms with Gasteiger partial charge in [-0.05, 0) is 48.6 Å². The Morgan fingerprint density at radius 2 is 1.11 bits per heavy atom. The molecular formula is C32H37NO2. The van der Waals surface area contributed by atoms with Gasteiger partial charge in [0.25, 0.3) is 0 Å². The molecule has 5 rings (SSSR count). The van der Waals surface area contributed by atoms with Crippen molar-refractivity contribution >= 4 is 11.6 Å². The van der Waals surface area contributed by atoms with Gasteiger partial charge in [0.2, 0.25) is 0 Å². The summed E-state index contributed by atoms with van der Waals surface area (Å²) in [6.45, 7) is 13.6. The molecule has 0 fully saturated rings. The van der Waals surface area contributed by atoms with E-state index in [2.05, 4.69) is 95.0 Å². The molecule has 1 aliphatic heterocycles. The van der Waals surface area contributed by atoms with Crippen molar-refractivity contribution in [3.8, 4) is 0 Å². The lowest BCUT2D eigenvalue weighted by Gasteiger charge is -2.49. The molecule has 3 aliphatic rings. The van der Waals surface area contributed by atoms with Crippen LogP contribution in [-0.2, 0) is 16.1 Å². The van der Waals surface area contributed by atoms with Gasteiger partial charge in [0.15, 0.2) is 11.6 Å². The van der Waals surface area contributed by atoms with Gasteiger partial charge in [-0.2, -0.15) is 0 Å². The monoisotopic (exact) mass is 467 g/mol. The highest BCUT2D eigenvalue weighted by molar-refractivity contribution is 6.06. The summed E-state index contributed by atoms with van der Waals surface area (Å²) in [4.78, 5) is 30.0. The van der Waals surface area contributed by atoms with E-state index in [1.54, 1.807) is 0 Å². The Kier molecular flexibility index (Phi) is 5.66. The van der Waals surface area contributed by atoms with Gasteiger partial charge in [-0.1, -0.05) is 87.4 Å². The molecular weight excluding hydrogens is 430 g/mol. The van der Waals surface area contributed by atoms with Crippen LogP contribution in [0.2, 0.25) is 0 Å². The highest BCUT2D eigenvalue weighted by atomic mass is 16.1. The van der Waals surface area contributed by atoms with Crippen LogP contribution in [0.5, 0.6) is 0 Å². The molecule has 0 N–H and O–H groups in total. The summed E-state index contributed by atoms with van der Waals surface area (Å²) in [5.41, 5.74) is 8.43. The maximum atomic E-state index is 13.8. The van der Waals surface area contributed by atoms with Crippen LogP contribution in [0.4, 0.5) is 0 Å². The third-order valence-electron chi connectivity index (χ3n) is 7.89. The summed E-state index contributed by atoms with van der Waals surface area (Å²) in [7, 11) is 0. The molecule has 2 aliphatic carbocycles. The zero-order chi connectivity index (χ0) is 25.1. The van der Waals surface area contributed by atoms with E-state index in [9.17, 15) is 9.59 Å². The van der Waals surface area contributed by atoms with E-state index in [1.165, 1.54) is 16.7 Å². The van der Waals surface area contributed by atoms with E-state index in [0.29, 0.717) is 19.4 Å². The number of carbonyl (C=O) groups is 2. The molecule has 2 aromatic rings. The van der Waals surface area contributed by atoms with Gasteiger partial charge in [-0.15, -0.1) is 0 Å². The van der Waals surface area contributed by atoms with E-state index in [-0.39, 0.29) is 28.3 Å². The zero-order valence-corrected chi connectivity index (χ0v) is 22.0. The molecule has 2 aromatic carbocycles. The van der Waals surface area contributed by atoms with Crippen LogP contribution in [0.25, 0.3) is 0 Å². The van der Waals surface area contributed by atoms with Gasteiger partial charge in [0, 0.05) is 47.8 Å². The number of Topliss-reactive ketones (excluding diaryl/α,β-unsaturated/α-hetero) is 2. The van der Waals surface area contributed by atoms with Crippen molar-refractivity contribution in [3.05, 3.63) is 93.3 Å². The van der Waals surface area contributed by atoms with Gasteiger partial charge in [-0.3, -0.25) is 9.59 Å². The van der Waals surface area contributed by atoms with Crippen molar-refractivity contribution in [1.82, 2.24) is 4.90 Å². The van der Waals surface area contributed by atoms with Gasteiger partial charge >= 0.3 is 0 Å². The van der Waals surface area contributed by atoms with Crippen molar-refractivity contribution in [2.75, 3.05) is 0 Å². The van der Waals surface area contributed by atoms with Crippen LogP contribution < -0.4 is 0 Å². The van der Waals surface area contributed by atoms with Crippen molar-refractivity contribution in [1.29, 1.82) is 0 Å². The number of rotatable bonds is 3. The van der Waals surface area contributed by atoms with Crippen molar-refractivity contribution < 1.29 is 9.59 Å². The summed E-state index contributed by atoms with van der Waals surface area (Å²) < 4.78 is 0. The molecule has 0 radical (unpaired) electrons. The van der Waals surface area contributed by atoms with Crippen LogP contribution in [0.3, 0.4) is 0 Å². The smallest absolute Gasteiger partial charge is 0.162 e. The van der Waals surface area contributed by atoms with Crippen LogP contribution >= 0.6 is 0 Å². The molecule has 0 bridgehead atoms. The molecule has 0 unspecified atom stereocenters. The van der Waals surface area contributed by atoms with Crippen LogP contribution in [0.15, 0.2) is 71.1 Å². The van der Waals surface area contributed by atoms with E-state index >= 15 is 0 Å². The number of allylic oxidation sites excluding steroid dienone is 4. The largest absolute Gasteiger partial charge is 0.343 e. The van der Waals surface area contributed by atoms with E-state index in [4.69, 9.17) is 0 Å². The number of benzene rings is 2. The minimum Gasteiger partial charge on any atom is -0.343 e. The quantitative estimate of drug-likeness (QED) is 0.479. The standard InChI is InChI=1S/C32H37NO2/c1-20-7-11-22(12-8-20)19-33-24-15-31(3,4)17-26(34)29(24)28(23-13-9-21(2)10-14-23)30-25(33)16-32(5,6)18-27(30)35/h7-14,28H,15-19H2,1-6H3. The molecule has 0 aromatic heterocycles. The number of ketones is 2. The molecule has 1 heterocycles. The lowest BCUT2D eigenvalue weighted by atomic mass is 9.63. The number of hydrogen-bond acceptors (Lipinski definition) is 3. The SMILES string of the molecule is Cc1ccc(CN2C3=C(C(=O)CC(C)(C)C3)C(c3ccc(C)cc3)C3=C2CC(C)(C)CC3=O)cc1. The van der Waals surface area contributed by atoms with Gasteiger partial charge in [0.05, 0.1) is 0 Å². The Morgan fingerprint density at radius 1 is 0.686 bits per heavy atom. The second kappa shape index (κ2) is 8.33. The fourth-order valence-electron chi connectivity index (χ4n) is 6.21. The zero-order valence-electron chi connectivity index (χ0n) is 22.0. The van der Waals surface area contributed by atoms with Gasteiger partial charge in [-0.25, -0.2) is 0 Å². The highest BCUT2D eigenvalue weighted by Gasteiger charge is 2.48. The van der Waals surface area contributed by atoms with Gasteiger partial charge < -0.3 is 4.90 Å². The lowest BCUT2D eigenvalue weighted by molar-refractivity contribution is -0.119. The Balaban J connectivity index is 1.75. The van der Waals surface area contributed by atoms with Crippen LogP contribution in [0, 0.1) is 24.7 Å². The molecule has 3 nitrogen and oxygen atoms in total. The normalized spacial score (nSPS) is 21.8. The molecule has 0 saturated carbocycles. The average molecular weight is 468 g/mol. The maximum absolute atomic E-state index is 13.8. The first-order valence-electron chi connectivity index (χ1n) is 12.9. The number of aryl methyl sites for hydroxylation is 2. The van der Waals surface area contributed by atoms with E-state index in [0.717, 1.165) is 40.9 Å². The summed E-state index contributed by atoms with van der Waals surface area (Å²) in [6, 6.07) is 17.1. The average Bonchev–Trinajstić information content (AvgIpc) is 2.75. The fraction of sp³-hybridized carbons (Fsp3) is 0.438. The Labute approximate surface area is 209 Å². The van der Waals surface area contributed by atoms with Crippen molar-refractivity contribution in [2.24, 2.45) is 10.8 Å². The topological polar surface area (TPSA) is 37.4 Å². The molecule has 35 heavy (non-hydrogen) atoms. The fourth-order valence-corrected chi connectivity index (χ4v) is 6.21.